The molecule has 1 saturated carbocycles. The van der Waals surface area contributed by atoms with E-state index >= 15 is 0 Å². The molecule has 100 valence electrons. The lowest BCUT2D eigenvalue weighted by atomic mass is 9.80. The van der Waals surface area contributed by atoms with Crippen LogP contribution in [0, 0.1) is 5.92 Å². The lowest BCUT2D eigenvalue weighted by Gasteiger charge is -2.28. The van der Waals surface area contributed by atoms with Gasteiger partial charge in [-0.3, -0.25) is 0 Å². The van der Waals surface area contributed by atoms with Crippen molar-refractivity contribution in [1.29, 1.82) is 0 Å². The van der Waals surface area contributed by atoms with Crippen LogP contribution in [0.5, 0.6) is 11.5 Å². The van der Waals surface area contributed by atoms with E-state index in [1.165, 1.54) is 19.3 Å². The molecule has 0 radical (unpaired) electrons. The minimum absolute atomic E-state index is 0.421. The van der Waals surface area contributed by atoms with Crippen LogP contribution in [-0.4, -0.2) is 19.3 Å². The first-order valence-electron chi connectivity index (χ1n) is 6.25. The molecule has 0 spiro atoms. The lowest BCUT2D eigenvalue weighted by molar-refractivity contribution is 0.116. The second-order valence-electron chi connectivity index (χ2n) is 4.75. The Morgan fingerprint density at radius 1 is 1.33 bits per heavy atom. The Hall–Kier alpha value is -0.930. The topological polar surface area (TPSA) is 38.7 Å². The van der Waals surface area contributed by atoms with Gasteiger partial charge in [0.25, 0.3) is 0 Å². The van der Waals surface area contributed by atoms with Gasteiger partial charge in [0.2, 0.25) is 0 Å². The zero-order chi connectivity index (χ0) is 13.1. The monoisotopic (exact) mass is 270 g/mol. The summed E-state index contributed by atoms with van der Waals surface area (Å²) in [6.07, 6.45) is 3.96. The van der Waals surface area contributed by atoms with Crippen molar-refractivity contribution in [2.75, 3.05) is 14.2 Å². The van der Waals surface area contributed by atoms with Gasteiger partial charge in [0.1, 0.15) is 16.5 Å². The number of halogens is 1. The van der Waals surface area contributed by atoms with Crippen LogP contribution in [0.2, 0.25) is 5.02 Å². The fourth-order valence-electron chi connectivity index (χ4n) is 2.35. The average Bonchev–Trinajstić information content (AvgIpc) is 2.33. The molecular formula is C14H19ClO3. The summed E-state index contributed by atoms with van der Waals surface area (Å²) in [6.45, 7) is 0. The maximum atomic E-state index is 10.3. The Morgan fingerprint density at radius 3 is 2.56 bits per heavy atom. The van der Waals surface area contributed by atoms with Crippen LogP contribution in [0.4, 0.5) is 0 Å². The summed E-state index contributed by atoms with van der Waals surface area (Å²) in [7, 11) is 3.12. The molecule has 2 rings (SSSR count). The fraction of sp³-hybridized carbons (Fsp3) is 0.571. The second kappa shape index (κ2) is 5.81. The first-order valence-corrected chi connectivity index (χ1v) is 6.63. The molecule has 1 aliphatic carbocycles. The van der Waals surface area contributed by atoms with Gasteiger partial charge in [-0.25, -0.2) is 0 Å². The van der Waals surface area contributed by atoms with E-state index in [0.29, 0.717) is 22.4 Å². The summed E-state index contributed by atoms with van der Waals surface area (Å²) in [5, 5.41) is 10.7. The number of hydrogen-bond donors (Lipinski definition) is 1. The van der Waals surface area contributed by atoms with E-state index in [-0.39, 0.29) is 0 Å². The molecule has 4 heteroatoms. The summed E-state index contributed by atoms with van der Waals surface area (Å²) in [6, 6.07) is 3.59. The van der Waals surface area contributed by atoms with Crippen LogP contribution in [0.1, 0.15) is 37.4 Å². The maximum absolute atomic E-state index is 10.3. The predicted octanol–water partition coefficient (Wildman–Crippen LogP) is 3.58. The first-order chi connectivity index (χ1) is 8.67. The highest BCUT2D eigenvalue weighted by Gasteiger charge is 2.25. The number of hydrogen-bond acceptors (Lipinski definition) is 3. The molecule has 3 nitrogen and oxygen atoms in total. The standard InChI is InChI=1S/C14H19ClO3/c1-17-12-7-6-10(14(18-2)13(12)15)11(16)8-9-4-3-5-9/h6-7,9,11,16H,3-5,8H2,1-2H3. The van der Waals surface area contributed by atoms with Crippen molar-refractivity contribution in [3.05, 3.63) is 22.7 Å². The third kappa shape index (κ3) is 2.57. The van der Waals surface area contributed by atoms with Gasteiger partial charge in [-0.1, -0.05) is 30.9 Å². The van der Waals surface area contributed by atoms with E-state index in [9.17, 15) is 5.11 Å². The molecule has 0 bridgehead atoms. The molecule has 18 heavy (non-hydrogen) atoms. The van der Waals surface area contributed by atoms with Crippen molar-refractivity contribution >= 4 is 11.6 Å². The number of ether oxygens (including phenoxy) is 2. The molecule has 1 aromatic carbocycles. The van der Waals surface area contributed by atoms with E-state index in [2.05, 4.69) is 0 Å². The van der Waals surface area contributed by atoms with Crippen LogP contribution >= 0.6 is 11.6 Å². The van der Waals surface area contributed by atoms with Crippen molar-refractivity contribution in [2.45, 2.75) is 31.8 Å². The summed E-state index contributed by atoms with van der Waals surface area (Å²) < 4.78 is 10.4. The minimum Gasteiger partial charge on any atom is -0.495 e. The van der Waals surface area contributed by atoms with Gasteiger partial charge in [-0.2, -0.15) is 0 Å². The van der Waals surface area contributed by atoms with E-state index < -0.39 is 6.10 Å². The molecule has 0 saturated heterocycles. The Bertz CT molecular complexity index is 416. The Balaban J connectivity index is 2.22. The zero-order valence-electron chi connectivity index (χ0n) is 10.8. The summed E-state index contributed by atoms with van der Waals surface area (Å²) in [5.74, 6) is 1.71. The first kappa shape index (κ1) is 13.5. The van der Waals surface area contributed by atoms with Crippen LogP contribution in [0.25, 0.3) is 0 Å². The number of aliphatic hydroxyl groups is 1. The van der Waals surface area contributed by atoms with Crippen molar-refractivity contribution in [3.8, 4) is 11.5 Å². The highest BCUT2D eigenvalue weighted by molar-refractivity contribution is 6.33. The highest BCUT2D eigenvalue weighted by Crippen LogP contribution is 2.42. The number of rotatable bonds is 5. The molecule has 0 aliphatic heterocycles. The molecule has 1 fully saturated rings. The van der Waals surface area contributed by atoms with Gasteiger partial charge in [0.05, 0.1) is 20.3 Å². The summed E-state index contributed by atoms with van der Waals surface area (Å²) >= 11 is 6.18. The third-order valence-corrected chi connectivity index (χ3v) is 4.01. The molecule has 1 N–H and O–H groups in total. The summed E-state index contributed by atoms with van der Waals surface area (Å²) in [4.78, 5) is 0. The third-order valence-electron chi connectivity index (χ3n) is 3.66. The van der Waals surface area contributed by atoms with E-state index in [0.717, 1.165) is 12.0 Å². The maximum Gasteiger partial charge on any atom is 0.147 e. The average molecular weight is 271 g/mol. The van der Waals surface area contributed by atoms with Crippen LogP contribution in [0.15, 0.2) is 12.1 Å². The Kier molecular flexibility index (Phi) is 4.36. The van der Waals surface area contributed by atoms with Crippen LogP contribution in [-0.2, 0) is 0 Å². The number of benzene rings is 1. The molecular weight excluding hydrogens is 252 g/mol. The van der Waals surface area contributed by atoms with Crippen molar-refractivity contribution in [3.63, 3.8) is 0 Å². The van der Waals surface area contributed by atoms with Crippen LogP contribution in [0.3, 0.4) is 0 Å². The van der Waals surface area contributed by atoms with Crippen molar-refractivity contribution < 1.29 is 14.6 Å². The fourth-order valence-corrected chi connectivity index (χ4v) is 2.68. The van der Waals surface area contributed by atoms with Crippen molar-refractivity contribution in [2.24, 2.45) is 5.92 Å². The Labute approximate surface area is 113 Å². The number of aliphatic hydroxyl groups excluding tert-OH is 1. The molecule has 0 heterocycles. The van der Waals surface area contributed by atoms with Gasteiger partial charge in [0, 0.05) is 5.56 Å². The SMILES string of the molecule is COc1ccc(C(O)CC2CCC2)c(OC)c1Cl. The van der Waals surface area contributed by atoms with Gasteiger partial charge >= 0.3 is 0 Å². The van der Waals surface area contributed by atoms with Gasteiger partial charge in [-0.15, -0.1) is 0 Å². The van der Waals surface area contributed by atoms with Gasteiger partial charge in [-0.05, 0) is 24.5 Å². The summed E-state index contributed by atoms with van der Waals surface area (Å²) in [5.41, 5.74) is 0.746. The molecule has 1 atom stereocenters. The second-order valence-corrected chi connectivity index (χ2v) is 5.13. The molecule has 0 aromatic heterocycles. The van der Waals surface area contributed by atoms with E-state index in [1.807, 2.05) is 6.07 Å². The van der Waals surface area contributed by atoms with Gasteiger partial charge < -0.3 is 14.6 Å². The van der Waals surface area contributed by atoms with Crippen LogP contribution < -0.4 is 9.47 Å². The lowest BCUT2D eigenvalue weighted by Crippen LogP contribution is -2.15. The highest BCUT2D eigenvalue weighted by atomic mass is 35.5. The van der Waals surface area contributed by atoms with Crippen molar-refractivity contribution in [1.82, 2.24) is 0 Å². The molecule has 1 unspecified atom stereocenters. The van der Waals surface area contributed by atoms with Gasteiger partial charge in [0.15, 0.2) is 0 Å². The van der Waals surface area contributed by atoms with E-state index in [4.69, 9.17) is 21.1 Å². The number of methoxy groups -OCH3 is 2. The minimum atomic E-state index is -0.520. The largest absolute Gasteiger partial charge is 0.495 e. The zero-order valence-corrected chi connectivity index (χ0v) is 11.5. The predicted molar refractivity (Wildman–Crippen MR) is 71.5 cm³/mol. The molecule has 0 amide bonds. The van der Waals surface area contributed by atoms with E-state index in [1.54, 1.807) is 20.3 Å². The normalized spacial score (nSPS) is 17.1. The smallest absolute Gasteiger partial charge is 0.147 e. The Morgan fingerprint density at radius 2 is 2.06 bits per heavy atom. The quantitative estimate of drug-likeness (QED) is 0.889. The molecule has 1 aromatic rings. The molecule has 1 aliphatic rings.